The van der Waals surface area contributed by atoms with Crippen molar-refractivity contribution in [2.24, 2.45) is 0 Å². The Hall–Kier alpha value is -0.650. The second-order valence-electron chi connectivity index (χ2n) is 3.39. The first-order valence-corrected chi connectivity index (χ1v) is 4.43. The molecule has 1 fully saturated rings. The predicted molar refractivity (Wildman–Crippen MR) is 47.1 cm³/mol. The molecule has 0 aromatic heterocycles. The molecule has 1 aliphatic rings. The van der Waals surface area contributed by atoms with E-state index in [9.17, 15) is 9.90 Å². The predicted octanol–water partition coefficient (Wildman–Crippen LogP) is -1.79. The van der Waals surface area contributed by atoms with Crippen LogP contribution in [0.2, 0.25) is 0 Å². The summed E-state index contributed by atoms with van der Waals surface area (Å²) in [5, 5.41) is 23.9. The molecule has 5 nitrogen and oxygen atoms in total. The van der Waals surface area contributed by atoms with Crippen LogP contribution in [-0.2, 0) is 4.79 Å². The average molecular weight is 188 g/mol. The zero-order chi connectivity index (χ0) is 9.84. The van der Waals surface area contributed by atoms with Crippen LogP contribution in [0.1, 0.15) is 13.3 Å². The van der Waals surface area contributed by atoms with Gasteiger partial charge in [0.15, 0.2) is 0 Å². The molecule has 1 saturated heterocycles. The normalized spacial score (nSPS) is 33.3. The summed E-state index contributed by atoms with van der Waals surface area (Å²) in [6.07, 6.45) is 0.0600. The van der Waals surface area contributed by atoms with Gasteiger partial charge in [0.05, 0.1) is 18.8 Å². The van der Waals surface area contributed by atoms with Crippen molar-refractivity contribution >= 4 is 5.91 Å². The molecule has 5 heteroatoms. The molecule has 76 valence electrons. The molecule has 3 atom stereocenters. The van der Waals surface area contributed by atoms with Crippen molar-refractivity contribution in [2.75, 3.05) is 13.2 Å². The van der Waals surface area contributed by atoms with Crippen molar-refractivity contribution in [1.82, 2.24) is 10.6 Å². The van der Waals surface area contributed by atoms with Gasteiger partial charge in [-0.05, 0) is 6.42 Å². The third kappa shape index (κ3) is 2.95. The molecule has 0 aliphatic carbocycles. The van der Waals surface area contributed by atoms with Crippen LogP contribution in [0.15, 0.2) is 0 Å². The van der Waals surface area contributed by atoms with Crippen molar-refractivity contribution in [1.29, 1.82) is 0 Å². The molecule has 0 spiro atoms. The van der Waals surface area contributed by atoms with Crippen LogP contribution in [0, 0.1) is 0 Å². The molecule has 0 saturated carbocycles. The van der Waals surface area contributed by atoms with Crippen molar-refractivity contribution in [3.8, 4) is 0 Å². The largest absolute Gasteiger partial charge is 0.395 e. The highest BCUT2D eigenvalue weighted by Gasteiger charge is 2.31. The van der Waals surface area contributed by atoms with E-state index in [4.69, 9.17) is 5.11 Å². The topological polar surface area (TPSA) is 81.6 Å². The van der Waals surface area contributed by atoms with Crippen LogP contribution in [0.4, 0.5) is 0 Å². The number of carbonyl (C=O) groups excluding carboxylic acids is 1. The Labute approximate surface area is 77.1 Å². The lowest BCUT2D eigenvalue weighted by Gasteiger charge is -2.15. The third-order valence-electron chi connectivity index (χ3n) is 2.23. The van der Waals surface area contributed by atoms with Gasteiger partial charge in [-0.2, -0.15) is 0 Å². The summed E-state index contributed by atoms with van der Waals surface area (Å²) in [6.45, 7) is 1.87. The molecule has 1 aliphatic heterocycles. The Morgan fingerprint density at radius 2 is 2.38 bits per heavy atom. The maximum atomic E-state index is 10.6. The quantitative estimate of drug-likeness (QED) is 0.421. The molecule has 4 N–H and O–H groups in total. The molecule has 0 aromatic rings. The minimum Gasteiger partial charge on any atom is -0.395 e. The minimum absolute atomic E-state index is 0.0215. The van der Waals surface area contributed by atoms with E-state index >= 15 is 0 Å². The van der Waals surface area contributed by atoms with Crippen LogP contribution in [0.3, 0.4) is 0 Å². The van der Waals surface area contributed by atoms with Gasteiger partial charge in [0.2, 0.25) is 5.91 Å². The standard InChI is InChI=1S/C8H16N2O3/c1-5(12)9-3-7-8(13)2-6(4-11)10-7/h6-8,10-11,13H,2-4H2,1H3,(H,9,12). The van der Waals surface area contributed by atoms with E-state index in [2.05, 4.69) is 10.6 Å². The summed E-state index contributed by atoms with van der Waals surface area (Å²) in [4.78, 5) is 10.6. The number of amides is 1. The summed E-state index contributed by atoms with van der Waals surface area (Å²) in [7, 11) is 0. The highest BCUT2D eigenvalue weighted by molar-refractivity contribution is 5.72. The molecule has 0 bridgehead atoms. The van der Waals surface area contributed by atoms with Gasteiger partial charge in [-0.3, -0.25) is 4.79 Å². The average Bonchev–Trinajstić information content (AvgIpc) is 2.43. The molecule has 1 heterocycles. The van der Waals surface area contributed by atoms with Gasteiger partial charge in [0.1, 0.15) is 0 Å². The Kier molecular flexibility index (Phi) is 3.65. The lowest BCUT2D eigenvalue weighted by molar-refractivity contribution is -0.119. The van der Waals surface area contributed by atoms with Gasteiger partial charge in [-0.1, -0.05) is 0 Å². The minimum atomic E-state index is -0.482. The molecular formula is C8H16N2O3. The van der Waals surface area contributed by atoms with E-state index in [0.717, 1.165) is 0 Å². The molecule has 0 radical (unpaired) electrons. The Balaban J connectivity index is 2.30. The Bertz CT molecular complexity index is 186. The first-order chi connectivity index (χ1) is 6.13. The van der Waals surface area contributed by atoms with E-state index in [1.54, 1.807) is 0 Å². The van der Waals surface area contributed by atoms with Gasteiger partial charge in [-0.15, -0.1) is 0 Å². The van der Waals surface area contributed by atoms with Gasteiger partial charge >= 0.3 is 0 Å². The van der Waals surface area contributed by atoms with Gasteiger partial charge in [0.25, 0.3) is 0 Å². The lowest BCUT2D eigenvalue weighted by Crippen LogP contribution is -2.43. The fraction of sp³-hybridized carbons (Fsp3) is 0.875. The van der Waals surface area contributed by atoms with E-state index in [1.165, 1.54) is 6.92 Å². The van der Waals surface area contributed by atoms with Crippen molar-refractivity contribution < 1.29 is 15.0 Å². The van der Waals surface area contributed by atoms with Crippen molar-refractivity contribution in [3.63, 3.8) is 0 Å². The monoisotopic (exact) mass is 188 g/mol. The number of rotatable bonds is 3. The van der Waals surface area contributed by atoms with E-state index in [-0.39, 0.29) is 24.6 Å². The summed E-state index contributed by atoms with van der Waals surface area (Å²) in [5.74, 6) is -0.110. The molecule has 1 amide bonds. The second kappa shape index (κ2) is 4.55. The molecule has 3 unspecified atom stereocenters. The summed E-state index contributed by atoms with van der Waals surface area (Å²) in [6, 6.07) is -0.185. The third-order valence-corrected chi connectivity index (χ3v) is 2.23. The SMILES string of the molecule is CC(=O)NCC1NC(CO)CC1O. The van der Waals surface area contributed by atoms with Crippen molar-refractivity contribution in [2.45, 2.75) is 31.5 Å². The Morgan fingerprint density at radius 3 is 2.85 bits per heavy atom. The first kappa shape index (κ1) is 10.4. The van der Waals surface area contributed by atoms with Gasteiger partial charge in [-0.25, -0.2) is 0 Å². The molecule has 0 aromatic carbocycles. The van der Waals surface area contributed by atoms with Crippen LogP contribution < -0.4 is 10.6 Å². The molecule has 1 rings (SSSR count). The number of aliphatic hydroxyl groups excluding tert-OH is 2. The summed E-state index contributed by atoms with van der Waals surface area (Å²) in [5.41, 5.74) is 0. The fourth-order valence-electron chi connectivity index (χ4n) is 1.51. The highest BCUT2D eigenvalue weighted by Crippen LogP contribution is 2.12. The van der Waals surface area contributed by atoms with E-state index in [0.29, 0.717) is 13.0 Å². The fourth-order valence-corrected chi connectivity index (χ4v) is 1.51. The van der Waals surface area contributed by atoms with Gasteiger partial charge in [0, 0.05) is 19.5 Å². The zero-order valence-corrected chi connectivity index (χ0v) is 7.66. The van der Waals surface area contributed by atoms with Crippen LogP contribution in [0.25, 0.3) is 0 Å². The number of aliphatic hydroxyl groups is 2. The zero-order valence-electron chi connectivity index (χ0n) is 7.66. The Morgan fingerprint density at radius 1 is 1.69 bits per heavy atom. The first-order valence-electron chi connectivity index (χ1n) is 4.43. The number of hydrogen-bond donors (Lipinski definition) is 4. The number of hydrogen-bond acceptors (Lipinski definition) is 4. The summed E-state index contributed by atoms with van der Waals surface area (Å²) >= 11 is 0. The van der Waals surface area contributed by atoms with E-state index in [1.807, 2.05) is 0 Å². The lowest BCUT2D eigenvalue weighted by atomic mass is 10.1. The van der Waals surface area contributed by atoms with Crippen LogP contribution >= 0.6 is 0 Å². The van der Waals surface area contributed by atoms with Crippen molar-refractivity contribution in [3.05, 3.63) is 0 Å². The summed E-state index contributed by atoms with van der Waals surface area (Å²) < 4.78 is 0. The van der Waals surface area contributed by atoms with Crippen LogP contribution in [0.5, 0.6) is 0 Å². The van der Waals surface area contributed by atoms with E-state index < -0.39 is 6.10 Å². The second-order valence-corrected chi connectivity index (χ2v) is 3.39. The maximum Gasteiger partial charge on any atom is 0.216 e. The molecular weight excluding hydrogens is 172 g/mol. The maximum absolute atomic E-state index is 10.6. The van der Waals surface area contributed by atoms with Gasteiger partial charge < -0.3 is 20.8 Å². The smallest absolute Gasteiger partial charge is 0.216 e. The number of nitrogens with one attached hydrogen (secondary N) is 2. The molecule has 13 heavy (non-hydrogen) atoms. The number of carbonyl (C=O) groups is 1. The van der Waals surface area contributed by atoms with Crippen LogP contribution in [-0.4, -0.2) is 47.5 Å². The highest BCUT2D eigenvalue weighted by atomic mass is 16.3.